The number of nitrogens with two attached hydrogens (primary N) is 1. The Kier molecular flexibility index (Phi) is 5.28. The lowest BCUT2D eigenvalue weighted by Gasteiger charge is -2.28. The summed E-state index contributed by atoms with van der Waals surface area (Å²) < 4.78 is 27.8. The average Bonchev–Trinajstić information content (AvgIpc) is 2.45. The van der Waals surface area contributed by atoms with E-state index in [-0.39, 0.29) is 12.1 Å². The normalized spacial score (nSPS) is 12.7. The van der Waals surface area contributed by atoms with Crippen LogP contribution in [0.4, 0.5) is 8.78 Å². The maximum absolute atomic E-state index is 13.9. The Hall–Kier alpha value is -1.49. The minimum atomic E-state index is -0.576. The van der Waals surface area contributed by atoms with Gasteiger partial charge >= 0.3 is 0 Å². The van der Waals surface area contributed by atoms with E-state index in [0.29, 0.717) is 11.6 Å². The minimum absolute atomic E-state index is 0.0106. The summed E-state index contributed by atoms with van der Waals surface area (Å²) in [6.45, 7) is 0.648. The maximum atomic E-state index is 13.9. The molecule has 1 unspecified atom stereocenters. The zero-order valence-corrected chi connectivity index (χ0v) is 12.4. The summed E-state index contributed by atoms with van der Waals surface area (Å²) in [5, 5.41) is 0.650. The quantitative estimate of drug-likeness (QED) is 0.911. The van der Waals surface area contributed by atoms with Gasteiger partial charge in [0.2, 0.25) is 0 Å². The van der Waals surface area contributed by atoms with Crippen LogP contribution >= 0.6 is 11.6 Å². The second kappa shape index (κ2) is 6.98. The third kappa shape index (κ3) is 3.79. The van der Waals surface area contributed by atoms with Crippen molar-refractivity contribution in [2.75, 3.05) is 13.6 Å². The fourth-order valence-corrected chi connectivity index (χ4v) is 2.46. The highest BCUT2D eigenvalue weighted by Crippen LogP contribution is 2.25. The molecular formula is C16H17ClF2N2. The first-order valence-corrected chi connectivity index (χ1v) is 6.99. The largest absolute Gasteiger partial charge is 0.329 e. The molecule has 0 spiro atoms. The molecule has 0 bridgehead atoms. The highest BCUT2D eigenvalue weighted by atomic mass is 35.5. The van der Waals surface area contributed by atoms with E-state index in [9.17, 15) is 8.78 Å². The number of hydrogen-bond donors (Lipinski definition) is 1. The fourth-order valence-electron chi connectivity index (χ4n) is 2.34. The van der Waals surface area contributed by atoms with Crippen LogP contribution in [-0.2, 0) is 6.54 Å². The molecule has 0 aliphatic rings. The van der Waals surface area contributed by atoms with Crippen molar-refractivity contribution in [3.8, 4) is 0 Å². The number of rotatable bonds is 5. The predicted octanol–water partition coefficient (Wildman–Crippen LogP) is 3.75. The lowest BCUT2D eigenvalue weighted by atomic mass is 10.0. The van der Waals surface area contributed by atoms with Gasteiger partial charge in [-0.25, -0.2) is 8.78 Å². The van der Waals surface area contributed by atoms with Crippen LogP contribution in [0, 0.1) is 11.6 Å². The molecule has 0 radical (unpaired) electrons. The van der Waals surface area contributed by atoms with Gasteiger partial charge < -0.3 is 5.73 Å². The monoisotopic (exact) mass is 310 g/mol. The van der Waals surface area contributed by atoms with E-state index in [0.717, 1.165) is 5.56 Å². The molecule has 2 aromatic rings. The van der Waals surface area contributed by atoms with Gasteiger partial charge in [0.25, 0.3) is 0 Å². The van der Waals surface area contributed by atoms with Crippen molar-refractivity contribution >= 4 is 11.6 Å². The molecule has 2 aromatic carbocycles. The lowest BCUT2D eigenvalue weighted by Crippen LogP contribution is -2.31. The van der Waals surface area contributed by atoms with E-state index < -0.39 is 17.7 Å². The standard InChI is InChI=1S/C16H17ClF2N2/c1-21(10-11-5-7-12(17)8-6-11)15(9-20)16-13(18)3-2-4-14(16)19/h2-8,15H,9-10,20H2,1H3. The Morgan fingerprint density at radius 2 is 1.67 bits per heavy atom. The number of halogens is 3. The summed E-state index contributed by atoms with van der Waals surface area (Å²) in [5.74, 6) is -1.15. The third-order valence-electron chi connectivity index (χ3n) is 3.43. The van der Waals surface area contributed by atoms with Gasteiger partial charge in [-0.3, -0.25) is 4.90 Å². The van der Waals surface area contributed by atoms with Crippen LogP contribution in [0.15, 0.2) is 42.5 Å². The van der Waals surface area contributed by atoms with Crippen LogP contribution in [0.25, 0.3) is 0 Å². The SMILES string of the molecule is CN(Cc1ccc(Cl)cc1)C(CN)c1c(F)cccc1F. The van der Waals surface area contributed by atoms with Crippen molar-refractivity contribution in [3.63, 3.8) is 0 Å². The number of nitrogens with zero attached hydrogens (tertiary/aromatic N) is 1. The van der Waals surface area contributed by atoms with Crippen LogP contribution in [0.1, 0.15) is 17.2 Å². The van der Waals surface area contributed by atoms with Crippen molar-refractivity contribution in [1.29, 1.82) is 0 Å². The van der Waals surface area contributed by atoms with Crippen LogP contribution in [0.5, 0.6) is 0 Å². The molecule has 0 fully saturated rings. The first-order chi connectivity index (χ1) is 10.0. The number of benzene rings is 2. The Labute approximate surface area is 128 Å². The highest BCUT2D eigenvalue weighted by molar-refractivity contribution is 6.30. The summed E-state index contributed by atoms with van der Waals surface area (Å²) in [4.78, 5) is 1.82. The lowest BCUT2D eigenvalue weighted by molar-refractivity contribution is 0.231. The fraction of sp³-hybridized carbons (Fsp3) is 0.250. The van der Waals surface area contributed by atoms with Crippen molar-refractivity contribution in [1.82, 2.24) is 4.90 Å². The summed E-state index contributed by atoms with van der Waals surface area (Å²) in [6, 6.07) is 10.6. The molecule has 0 aliphatic heterocycles. The summed E-state index contributed by atoms with van der Waals surface area (Å²) in [5.41, 5.74) is 6.73. The Balaban J connectivity index is 2.22. The van der Waals surface area contributed by atoms with Gasteiger partial charge in [0.1, 0.15) is 11.6 Å². The van der Waals surface area contributed by atoms with Gasteiger partial charge in [-0.2, -0.15) is 0 Å². The van der Waals surface area contributed by atoms with E-state index in [4.69, 9.17) is 17.3 Å². The molecular weight excluding hydrogens is 294 g/mol. The smallest absolute Gasteiger partial charge is 0.130 e. The maximum Gasteiger partial charge on any atom is 0.130 e. The minimum Gasteiger partial charge on any atom is -0.329 e. The molecule has 0 saturated carbocycles. The number of likely N-dealkylation sites (N-methyl/N-ethyl adjacent to an activating group) is 1. The zero-order valence-electron chi connectivity index (χ0n) is 11.7. The van der Waals surface area contributed by atoms with E-state index in [2.05, 4.69) is 0 Å². The average molecular weight is 311 g/mol. The van der Waals surface area contributed by atoms with Crippen LogP contribution in [0.3, 0.4) is 0 Å². The van der Waals surface area contributed by atoms with E-state index >= 15 is 0 Å². The summed E-state index contributed by atoms with van der Waals surface area (Å²) in [7, 11) is 1.79. The summed E-state index contributed by atoms with van der Waals surface area (Å²) >= 11 is 5.84. The molecule has 1 atom stereocenters. The van der Waals surface area contributed by atoms with Gasteiger partial charge in [0, 0.05) is 23.7 Å². The molecule has 112 valence electrons. The molecule has 0 amide bonds. The first kappa shape index (κ1) is 15.9. The second-order valence-corrected chi connectivity index (χ2v) is 5.36. The molecule has 2 N–H and O–H groups in total. The Morgan fingerprint density at radius 3 is 2.19 bits per heavy atom. The first-order valence-electron chi connectivity index (χ1n) is 6.61. The van der Waals surface area contributed by atoms with E-state index in [1.54, 1.807) is 19.2 Å². The zero-order chi connectivity index (χ0) is 15.4. The molecule has 0 saturated heterocycles. The summed E-state index contributed by atoms with van der Waals surface area (Å²) in [6.07, 6.45) is 0. The van der Waals surface area contributed by atoms with Crippen LogP contribution in [-0.4, -0.2) is 18.5 Å². The topological polar surface area (TPSA) is 29.3 Å². The molecule has 2 nitrogen and oxygen atoms in total. The van der Waals surface area contributed by atoms with Gasteiger partial charge in [-0.1, -0.05) is 29.8 Å². The van der Waals surface area contributed by atoms with Crippen LogP contribution in [0.2, 0.25) is 5.02 Å². The van der Waals surface area contributed by atoms with Crippen molar-refractivity contribution in [2.45, 2.75) is 12.6 Å². The van der Waals surface area contributed by atoms with Crippen LogP contribution < -0.4 is 5.73 Å². The van der Waals surface area contributed by atoms with Crippen molar-refractivity contribution < 1.29 is 8.78 Å². The van der Waals surface area contributed by atoms with E-state index in [1.807, 2.05) is 17.0 Å². The number of hydrogen-bond acceptors (Lipinski definition) is 2. The second-order valence-electron chi connectivity index (χ2n) is 4.93. The molecule has 0 aromatic heterocycles. The highest BCUT2D eigenvalue weighted by Gasteiger charge is 2.22. The molecule has 21 heavy (non-hydrogen) atoms. The molecule has 0 heterocycles. The van der Waals surface area contributed by atoms with Gasteiger partial charge in [-0.05, 0) is 36.9 Å². The molecule has 2 rings (SSSR count). The van der Waals surface area contributed by atoms with Gasteiger partial charge in [0.15, 0.2) is 0 Å². The molecule has 0 aliphatic carbocycles. The van der Waals surface area contributed by atoms with E-state index in [1.165, 1.54) is 18.2 Å². The van der Waals surface area contributed by atoms with Gasteiger partial charge in [0.05, 0.1) is 6.04 Å². The predicted molar refractivity (Wildman–Crippen MR) is 81.1 cm³/mol. The molecule has 5 heteroatoms. The van der Waals surface area contributed by atoms with Crippen molar-refractivity contribution in [3.05, 3.63) is 70.2 Å². The third-order valence-corrected chi connectivity index (χ3v) is 3.69. The van der Waals surface area contributed by atoms with Gasteiger partial charge in [-0.15, -0.1) is 0 Å². The Bertz CT molecular complexity index is 581. The Morgan fingerprint density at radius 1 is 1.10 bits per heavy atom. The van der Waals surface area contributed by atoms with Crippen molar-refractivity contribution in [2.24, 2.45) is 5.73 Å².